The molecule has 0 bridgehead atoms. The van der Waals surface area contributed by atoms with Crippen molar-refractivity contribution in [3.8, 4) is 6.07 Å². The van der Waals surface area contributed by atoms with E-state index in [2.05, 4.69) is 45.4 Å². The monoisotopic (exact) mass is 472 g/mol. The zero-order valence-corrected chi connectivity index (χ0v) is 23.3. The minimum absolute atomic E-state index is 0.245. The van der Waals surface area contributed by atoms with Crippen molar-refractivity contribution in [3.63, 3.8) is 0 Å². The molecule has 0 aromatic heterocycles. The number of rotatable bonds is 23. The van der Waals surface area contributed by atoms with Crippen LogP contribution in [-0.4, -0.2) is 34.4 Å². The van der Waals surface area contributed by atoms with Crippen LogP contribution in [0.15, 0.2) is 0 Å². The number of hydrogen-bond donors (Lipinski definition) is 1. The SMILES string of the molecule is CCCCCCCCCCCCCCCCCC[PH](O)(OCCC#N)N(C(C)C)C(C)C. The summed E-state index contributed by atoms with van der Waals surface area (Å²) in [7, 11) is -2.97. The molecular weight excluding hydrogens is 415 g/mol. The first kappa shape index (κ1) is 31.8. The van der Waals surface area contributed by atoms with Gasteiger partial charge in [0.15, 0.2) is 0 Å². The number of hydrogen-bond acceptors (Lipinski definition) is 4. The van der Waals surface area contributed by atoms with Crippen molar-refractivity contribution in [3.05, 3.63) is 0 Å². The fourth-order valence-electron chi connectivity index (χ4n) is 4.84. The van der Waals surface area contributed by atoms with Gasteiger partial charge in [-0.3, -0.25) is 0 Å². The fourth-order valence-corrected chi connectivity index (χ4v) is 8.15. The molecule has 192 valence electrons. The molecule has 0 atom stereocenters. The third-order valence-electron chi connectivity index (χ3n) is 6.42. The molecule has 0 heterocycles. The van der Waals surface area contributed by atoms with Gasteiger partial charge in [-0.2, -0.15) is 0 Å². The van der Waals surface area contributed by atoms with Crippen molar-refractivity contribution >= 4 is 7.87 Å². The molecule has 32 heavy (non-hydrogen) atoms. The van der Waals surface area contributed by atoms with Gasteiger partial charge in [0.25, 0.3) is 0 Å². The average molecular weight is 473 g/mol. The maximum absolute atomic E-state index is 11.4. The van der Waals surface area contributed by atoms with E-state index in [1.165, 1.54) is 96.3 Å². The molecule has 1 N–H and O–H groups in total. The van der Waals surface area contributed by atoms with Gasteiger partial charge >= 0.3 is 163 Å². The first-order valence-corrected chi connectivity index (χ1v) is 15.9. The first-order chi connectivity index (χ1) is 15.4. The summed E-state index contributed by atoms with van der Waals surface area (Å²) in [6.45, 7) is 11.1. The summed E-state index contributed by atoms with van der Waals surface area (Å²) in [6, 6.07) is 2.62. The van der Waals surface area contributed by atoms with Gasteiger partial charge in [-0.05, 0) is 0 Å². The van der Waals surface area contributed by atoms with Gasteiger partial charge in [-0.15, -0.1) is 0 Å². The van der Waals surface area contributed by atoms with Crippen molar-refractivity contribution in [2.45, 2.75) is 156 Å². The molecule has 0 aromatic rings. The Hall–Kier alpha value is -0.200. The minimum atomic E-state index is -2.97. The number of nitriles is 1. The van der Waals surface area contributed by atoms with E-state index >= 15 is 0 Å². The molecule has 0 unspecified atom stereocenters. The van der Waals surface area contributed by atoms with E-state index in [4.69, 9.17) is 9.79 Å². The summed E-state index contributed by atoms with van der Waals surface area (Å²) in [6.07, 6.45) is 22.7. The van der Waals surface area contributed by atoms with E-state index in [0.717, 1.165) is 12.6 Å². The van der Waals surface area contributed by atoms with Crippen LogP contribution in [-0.2, 0) is 4.52 Å². The second kappa shape index (κ2) is 21.3. The van der Waals surface area contributed by atoms with Crippen molar-refractivity contribution in [2.75, 3.05) is 12.8 Å². The quantitative estimate of drug-likeness (QED) is 0.119. The molecule has 0 aliphatic rings. The van der Waals surface area contributed by atoms with Crippen LogP contribution < -0.4 is 0 Å². The molecule has 4 nitrogen and oxygen atoms in total. The number of unbranched alkanes of at least 4 members (excludes halogenated alkanes) is 15. The van der Waals surface area contributed by atoms with Crippen LogP contribution in [0, 0.1) is 11.3 Å². The van der Waals surface area contributed by atoms with Gasteiger partial charge in [0.05, 0.1) is 0 Å². The summed E-state index contributed by atoms with van der Waals surface area (Å²) in [5.74, 6) is 0. The summed E-state index contributed by atoms with van der Waals surface area (Å²) in [4.78, 5) is 11.4. The van der Waals surface area contributed by atoms with Gasteiger partial charge in [0.1, 0.15) is 0 Å². The van der Waals surface area contributed by atoms with E-state index in [9.17, 15) is 4.89 Å². The molecule has 0 amide bonds. The van der Waals surface area contributed by atoms with E-state index in [1.54, 1.807) is 0 Å². The van der Waals surface area contributed by atoms with E-state index < -0.39 is 7.87 Å². The Labute approximate surface area is 202 Å². The molecule has 0 radical (unpaired) electrons. The summed E-state index contributed by atoms with van der Waals surface area (Å²) < 4.78 is 8.15. The average Bonchev–Trinajstić information content (AvgIpc) is 2.73. The van der Waals surface area contributed by atoms with E-state index in [0.29, 0.717) is 13.0 Å². The zero-order chi connectivity index (χ0) is 24.1. The Balaban J connectivity index is 3.86. The molecule has 0 aliphatic carbocycles. The standard InChI is InChI=1S/C27H57N2O2P/c1-6-7-8-9-10-11-12-13-14-15-16-17-18-19-20-21-25-32(30,31-24-22-23-28)29(26(2)3)27(4)5/h26-27,30,32H,6-22,24-25H2,1-5H3. The Kier molecular flexibility index (Phi) is 21.2. The fraction of sp³-hybridized carbons (Fsp3) is 0.963. The Morgan fingerprint density at radius 2 is 1.09 bits per heavy atom. The molecule has 0 saturated carbocycles. The maximum atomic E-state index is 11.4. The molecule has 0 saturated heterocycles. The van der Waals surface area contributed by atoms with Gasteiger partial charge in [-0.25, -0.2) is 0 Å². The van der Waals surface area contributed by atoms with Crippen molar-refractivity contribution < 1.29 is 9.42 Å². The van der Waals surface area contributed by atoms with Gasteiger partial charge in [-0.1, -0.05) is 39.0 Å². The topological polar surface area (TPSA) is 56.5 Å². The van der Waals surface area contributed by atoms with Crippen LogP contribution in [0.1, 0.15) is 144 Å². The van der Waals surface area contributed by atoms with Crippen LogP contribution in [0.25, 0.3) is 0 Å². The zero-order valence-electron chi connectivity index (χ0n) is 22.3. The van der Waals surface area contributed by atoms with Crippen LogP contribution in [0.5, 0.6) is 0 Å². The van der Waals surface area contributed by atoms with Crippen LogP contribution in [0.2, 0.25) is 0 Å². The van der Waals surface area contributed by atoms with Gasteiger partial charge < -0.3 is 0 Å². The molecule has 0 rings (SSSR count). The van der Waals surface area contributed by atoms with Crippen molar-refractivity contribution in [2.24, 2.45) is 0 Å². The number of nitrogens with zero attached hydrogens (tertiary/aromatic N) is 2. The predicted octanol–water partition coefficient (Wildman–Crippen LogP) is 8.78. The third-order valence-corrected chi connectivity index (χ3v) is 9.93. The molecule has 0 aliphatic heterocycles. The second-order valence-electron chi connectivity index (χ2n) is 10.1. The van der Waals surface area contributed by atoms with Crippen molar-refractivity contribution in [1.29, 1.82) is 5.26 Å². The normalized spacial score (nSPS) is 12.8. The Morgan fingerprint density at radius 1 is 0.719 bits per heavy atom. The van der Waals surface area contributed by atoms with Crippen LogP contribution in [0.4, 0.5) is 0 Å². The summed E-state index contributed by atoms with van der Waals surface area (Å²) in [5, 5.41) is 8.84. The molecule has 0 fully saturated rings. The molecule has 0 spiro atoms. The second-order valence-corrected chi connectivity index (χ2v) is 12.9. The Bertz CT molecular complexity index is 445. The first-order valence-electron chi connectivity index (χ1n) is 13.9. The van der Waals surface area contributed by atoms with E-state index in [-0.39, 0.29) is 12.1 Å². The van der Waals surface area contributed by atoms with E-state index in [1.807, 2.05) is 0 Å². The summed E-state index contributed by atoms with van der Waals surface area (Å²) in [5.41, 5.74) is 0. The molecule has 5 heteroatoms. The van der Waals surface area contributed by atoms with Crippen LogP contribution >= 0.6 is 7.87 Å². The Morgan fingerprint density at radius 3 is 1.44 bits per heavy atom. The van der Waals surface area contributed by atoms with Crippen molar-refractivity contribution in [1.82, 2.24) is 4.67 Å². The predicted molar refractivity (Wildman–Crippen MR) is 143 cm³/mol. The molecule has 0 aromatic carbocycles. The van der Waals surface area contributed by atoms with Gasteiger partial charge in [0.2, 0.25) is 0 Å². The van der Waals surface area contributed by atoms with Gasteiger partial charge in [0, 0.05) is 0 Å². The van der Waals surface area contributed by atoms with Crippen LogP contribution in [0.3, 0.4) is 0 Å². The summed E-state index contributed by atoms with van der Waals surface area (Å²) >= 11 is 0. The molecular formula is C27H57N2O2P. The third kappa shape index (κ3) is 16.4.